The van der Waals surface area contributed by atoms with Crippen molar-refractivity contribution in [3.8, 4) is 11.4 Å². The Labute approximate surface area is 110 Å². The molecule has 0 radical (unpaired) electrons. The van der Waals surface area contributed by atoms with Gasteiger partial charge in [0.2, 0.25) is 17.5 Å². The highest BCUT2D eigenvalue weighted by atomic mass is 19.1. The van der Waals surface area contributed by atoms with E-state index in [1.165, 1.54) is 0 Å². The number of halogens is 2. The third kappa shape index (κ3) is 1.83. The topological polar surface area (TPSA) is 108 Å². The molecule has 0 amide bonds. The molecule has 1 fully saturated rings. The van der Waals surface area contributed by atoms with Crippen molar-refractivity contribution in [2.24, 2.45) is 5.73 Å². The van der Waals surface area contributed by atoms with E-state index in [0.29, 0.717) is 12.8 Å². The van der Waals surface area contributed by atoms with Crippen LogP contribution in [0.5, 0.6) is 0 Å². The molecule has 0 atom stereocenters. The molecule has 2 N–H and O–H groups in total. The molecule has 0 bridgehead atoms. The third-order valence-electron chi connectivity index (χ3n) is 3.13. The number of nitrogens with zero attached hydrogens (tertiary/aromatic N) is 3. The minimum Gasteiger partial charge on any atom is -0.337 e. The standard InChI is InChI=1S/C11H8F2N4O3/c12-5-1-2-6(17(18)19)8(13)7(5)9-15-10(20-16-9)11(14)3-4-11/h1-2H,3-4,14H2. The van der Waals surface area contributed by atoms with Crippen LogP contribution in [0, 0.1) is 21.7 Å². The summed E-state index contributed by atoms with van der Waals surface area (Å²) in [5.41, 5.74) is 3.51. The molecule has 0 spiro atoms. The molecular formula is C11H8F2N4O3. The zero-order chi connectivity index (χ0) is 14.5. The van der Waals surface area contributed by atoms with Gasteiger partial charge in [-0.3, -0.25) is 10.1 Å². The normalized spacial score (nSPS) is 16.1. The SMILES string of the molecule is NC1(c2nc(-c3c(F)ccc([N+](=O)[O-])c3F)no2)CC1. The average Bonchev–Trinajstić information content (AvgIpc) is 2.94. The molecule has 1 saturated carbocycles. The fourth-order valence-electron chi connectivity index (χ4n) is 1.76. The number of benzene rings is 1. The number of rotatable bonds is 3. The Bertz CT molecular complexity index is 712. The smallest absolute Gasteiger partial charge is 0.305 e. The molecule has 9 heteroatoms. The van der Waals surface area contributed by atoms with E-state index in [2.05, 4.69) is 10.1 Å². The van der Waals surface area contributed by atoms with E-state index in [0.717, 1.165) is 12.1 Å². The predicted octanol–water partition coefficient (Wildman–Crippen LogP) is 1.87. The lowest BCUT2D eigenvalue weighted by Gasteiger charge is -2.01. The highest BCUT2D eigenvalue weighted by molar-refractivity contribution is 5.61. The summed E-state index contributed by atoms with van der Waals surface area (Å²) in [6.07, 6.45) is 1.27. The van der Waals surface area contributed by atoms with Crippen LogP contribution in [-0.4, -0.2) is 15.1 Å². The van der Waals surface area contributed by atoms with Crippen LogP contribution < -0.4 is 5.73 Å². The van der Waals surface area contributed by atoms with Crippen LogP contribution in [0.4, 0.5) is 14.5 Å². The fourth-order valence-corrected chi connectivity index (χ4v) is 1.76. The monoisotopic (exact) mass is 282 g/mol. The molecule has 7 nitrogen and oxygen atoms in total. The quantitative estimate of drug-likeness (QED) is 0.680. The first-order chi connectivity index (χ1) is 9.42. The Balaban J connectivity index is 2.12. The zero-order valence-electron chi connectivity index (χ0n) is 9.97. The van der Waals surface area contributed by atoms with Gasteiger partial charge in [-0.05, 0) is 18.9 Å². The first kappa shape index (κ1) is 12.6. The van der Waals surface area contributed by atoms with Crippen LogP contribution in [-0.2, 0) is 5.54 Å². The molecule has 0 aliphatic heterocycles. The molecule has 2 aromatic rings. The minimum absolute atomic E-state index is 0.0674. The molecule has 0 saturated heterocycles. The predicted molar refractivity (Wildman–Crippen MR) is 61.4 cm³/mol. The number of hydrogen-bond acceptors (Lipinski definition) is 6. The van der Waals surface area contributed by atoms with Gasteiger partial charge in [-0.25, -0.2) is 4.39 Å². The van der Waals surface area contributed by atoms with Crippen LogP contribution >= 0.6 is 0 Å². The van der Waals surface area contributed by atoms with Gasteiger partial charge < -0.3 is 10.3 Å². The largest absolute Gasteiger partial charge is 0.337 e. The summed E-state index contributed by atoms with van der Waals surface area (Å²) in [5, 5.41) is 14.1. The number of nitro benzene ring substituents is 1. The summed E-state index contributed by atoms with van der Waals surface area (Å²) in [5.74, 6) is -2.68. The summed E-state index contributed by atoms with van der Waals surface area (Å²) in [6, 6.07) is 1.52. The second-order valence-corrected chi connectivity index (χ2v) is 4.59. The summed E-state index contributed by atoms with van der Waals surface area (Å²) < 4.78 is 32.5. The van der Waals surface area contributed by atoms with Crippen LogP contribution in [0.25, 0.3) is 11.4 Å². The van der Waals surface area contributed by atoms with Crippen molar-refractivity contribution in [2.45, 2.75) is 18.4 Å². The molecule has 1 aliphatic rings. The van der Waals surface area contributed by atoms with Gasteiger partial charge in [-0.15, -0.1) is 0 Å². The van der Waals surface area contributed by atoms with Crippen molar-refractivity contribution in [2.75, 3.05) is 0 Å². The van der Waals surface area contributed by atoms with Gasteiger partial charge in [0, 0.05) is 6.07 Å². The highest BCUT2D eigenvalue weighted by Crippen LogP contribution is 2.42. The van der Waals surface area contributed by atoms with Crippen molar-refractivity contribution in [3.63, 3.8) is 0 Å². The number of hydrogen-bond donors (Lipinski definition) is 1. The highest BCUT2D eigenvalue weighted by Gasteiger charge is 2.46. The number of nitrogens with two attached hydrogens (primary N) is 1. The van der Waals surface area contributed by atoms with Crippen LogP contribution in [0.15, 0.2) is 16.7 Å². The molecule has 20 heavy (non-hydrogen) atoms. The Morgan fingerprint density at radius 3 is 2.70 bits per heavy atom. The minimum atomic E-state index is -1.34. The van der Waals surface area contributed by atoms with E-state index in [4.69, 9.17) is 10.3 Å². The van der Waals surface area contributed by atoms with Gasteiger partial charge in [-0.1, -0.05) is 5.16 Å². The summed E-state index contributed by atoms with van der Waals surface area (Å²) in [7, 11) is 0. The maximum Gasteiger partial charge on any atom is 0.305 e. The number of nitro groups is 1. The van der Waals surface area contributed by atoms with Crippen molar-refractivity contribution in [1.29, 1.82) is 0 Å². The third-order valence-corrected chi connectivity index (χ3v) is 3.13. The lowest BCUT2D eigenvalue weighted by molar-refractivity contribution is -0.387. The fraction of sp³-hybridized carbons (Fsp3) is 0.273. The second kappa shape index (κ2) is 4.04. The van der Waals surface area contributed by atoms with Crippen molar-refractivity contribution in [1.82, 2.24) is 10.1 Å². The summed E-state index contributed by atoms with van der Waals surface area (Å²) in [4.78, 5) is 13.5. The molecule has 0 unspecified atom stereocenters. The Morgan fingerprint density at radius 2 is 2.10 bits per heavy atom. The first-order valence-corrected chi connectivity index (χ1v) is 5.68. The second-order valence-electron chi connectivity index (χ2n) is 4.59. The first-order valence-electron chi connectivity index (χ1n) is 5.68. The average molecular weight is 282 g/mol. The van der Waals surface area contributed by atoms with Crippen LogP contribution in [0.2, 0.25) is 0 Å². The van der Waals surface area contributed by atoms with Crippen LogP contribution in [0.1, 0.15) is 18.7 Å². The Kier molecular flexibility index (Phi) is 2.54. The van der Waals surface area contributed by atoms with Gasteiger partial charge in [-0.2, -0.15) is 9.37 Å². The lowest BCUT2D eigenvalue weighted by Crippen LogP contribution is -2.18. The molecular weight excluding hydrogens is 274 g/mol. The molecule has 1 aliphatic carbocycles. The molecule has 1 aromatic carbocycles. The van der Waals surface area contributed by atoms with Crippen molar-refractivity contribution < 1.29 is 18.2 Å². The van der Waals surface area contributed by atoms with Gasteiger partial charge in [0.25, 0.3) is 0 Å². The van der Waals surface area contributed by atoms with Crippen molar-refractivity contribution >= 4 is 5.69 Å². The lowest BCUT2D eigenvalue weighted by atomic mass is 10.1. The molecule has 104 valence electrons. The zero-order valence-corrected chi connectivity index (χ0v) is 9.97. The maximum absolute atomic E-state index is 14.0. The molecule has 3 rings (SSSR count). The number of aromatic nitrogens is 2. The van der Waals surface area contributed by atoms with E-state index in [9.17, 15) is 18.9 Å². The molecule has 1 aromatic heterocycles. The van der Waals surface area contributed by atoms with E-state index in [1.54, 1.807) is 0 Å². The van der Waals surface area contributed by atoms with Gasteiger partial charge in [0.1, 0.15) is 11.4 Å². The summed E-state index contributed by atoms with van der Waals surface area (Å²) in [6.45, 7) is 0. The van der Waals surface area contributed by atoms with Crippen molar-refractivity contribution in [3.05, 3.63) is 39.8 Å². The van der Waals surface area contributed by atoms with E-state index >= 15 is 0 Å². The Hall–Kier alpha value is -2.42. The van der Waals surface area contributed by atoms with E-state index in [1.807, 2.05) is 0 Å². The van der Waals surface area contributed by atoms with E-state index < -0.39 is 39.2 Å². The molecule has 1 heterocycles. The maximum atomic E-state index is 14.0. The van der Waals surface area contributed by atoms with Gasteiger partial charge >= 0.3 is 5.69 Å². The van der Waals surface area contributed by atoms with Crippen LogP contribution in [0.3, 0.4) is 0 Å². The Morgan fingerprint density at radius 1 is 1.40 bits per heavy atom. The van der Waals surface area contributed by atoms with E-state index in [-0.39, 0.29) is 5.89 Å². The van der Waals surface area contributed by atoms with Gasteiger partial charge in [0.15, 0.2) is 0 Å². The summed E-state index contributed by atoms with van der Waals surface area (Å²) >= 11 is 0. The van der Waals surface area contributed by atoms with Gasteiger partial charge in [0.05, 0.1) is 10.5 Å².